The number of aliphatic hydroxyl groups excluding tert-OH is 1. The van der Waals surface area contributed by atoms with Crippen LogP contribution in [0.25, 0.3) is 0 Å². The van der Waals surface area contributed by atoms with E-state index in [4.69, 9.17) is 9.84 Å². The van der Waals surface area contributed by atoms with Crippen molar-refractivity contribution in [1.29, 1.82) is 0 Å². The minimum Gasteiger partial charge on any atom is -0.396 e. The summed E-state index contributed by atoms with van der Waals surface area (Å²) in [5, 5.41) is 12.1. The molecule has 0 aromatic heterocycles. The Kier molecular flexibility index (Phi) is 7.30. The maximum atomic E-state index is 12.2. The number of ether oxygens (including phenoxy) is 1. The van der Waals surface area contributed by atoms with E-state index < -0.39 is 0 Å². The lowest BCUT2D eigenvalue weighted by Gasteiger charge is -2.35. The molecule has 2 rings (SSSR count). The minimum atomic E-state index is 0.0222. The number of nitrogens with one attached hydrogen (secondary N) is 1. The van der Waals surface area contributed by atoms with Crippen LogP contribution in [0.4, 0.5) is 4.79 Å². The normalized spacial score (nSPS) is 23.5. The van der Waals surface area contributed by atoms with E-state index in [1.165, 1.54) is 25.7 Å². The first-order chi connectivity index (χ1) is 10.3. The number of piperidine rings is 1. The molecule has 5 nitrogen and oxygen atoms in total. The molecule has 21 heavy (non-hydrogen) atoms. The fourth-order valence-electron chi connectivity index (χ4n) is 3.39. The molecular formula is C16H30N2O3. The van der Waals surface area contributed by atoms with Gasteiger partial charge in [-0.3, -0.25) is 0 Å². The first kappa shape index (κ1) is 16.6. The van der Waals surface area contributed by atoms with Crippen LogP contribution >= 0.6 is 0 Å². The van der Waals surface area contributed by atoms with Crippen molar-refractivity contribution >= 4 is 6.03 Å². The van der Waals surface area contributed by atoms with Gasteiger partial charge in [0.05, 0.1) is 6.10 Å². The Bertz CT molecular complexity index is 304. The third-order valence-electron chi connectivity index (χ3n) is 4.60. The van der Waals surface area contributed by atoms with Crippen LogP contribution in [-0.2, 0) is 4.74 Å². The average molecular weight is 298 g/mol. The number of amides is 2. The van der Waals surface area contributed by atoms with Gasteiger partial charge in [-0.05, 0) is 44.9 Å². The van der Waals surface area contributed by atoms with Gasteiger partial charge in [0, 0.05) is 32.3 Å². The highest BCUT2D eigenvalue weighted by atomic mass is 16.5. The van der Waals surface area contributed by atoms with Crippen LogP contribution in [0.15, 0.2) is 0 Å². The Morgan fingerprint density at radius 3 is 2.71 bits per heavy atom. The summed E-state index contributed by atoms with van der Waals surface area (Å²) in [6, 6.07) is 0.229. The summed E-state index contributed by atoms with van der Waals surface area (Å²) in [5.74, 6) is 0. The van der Waals surface area contributed by atoms with Crippen molar-refractivity contribution in [3.63, 3.8) is 0 Å². The highest BCUT2D eigenvalue weighted by Crippen LogP contribution is 2.21. The second-order valence-corrected chi connectivity index (χ2v) is 6.22. The predicted octanol–water partition coefficient (Wildman–Crippen LogP) is 2.28. The quantitative estimate of drug-likeness (QED) is 0.709. The zero-order chi connectivity index (χ0) is 14.9. The zero-order valence-electron chi connectivity index (χ0n) is 13.1. The molecule has 2 aliphatic rings. The van der Waals surface area contributed by atoms with Gasteiger partial charge < -0.3 is 20.1 Å². The molecule has 122 valence electrons. The van der Waals surface area contributed by atoms with E-state index in [9.17, 15) is 4.79 Å². The van der Waals surface area contributed by atoms with E-state index in [2.05, 4.69) is 5.32 Å². The number of rotatable bonds is 7. The van der Waals surface area contributed by atoms with Crippen LogP contribution in [-0.4, -0.2) is 54.5 Å². The molecule has 0 aromatic rings. The van der Waals surface area contributed by atoms with Gasteiger partial charge >= 0.3 is 6.03 Å². The lowest BCUT2D eigenvalue weighted by atomic mass is 10.0. The third-order valence-corrected chi connectivity index (χ3v) is 4.60. The SMILES string of the molecule is O=C(NCCCOC1CCCC1)N1CCCCC1CCO. The number of urea groups is 1. The molecule has 0 aromatic carbocycles. The maximum Gasteiger partial charge on any atom is 0.317 e. The van der Waals surface area contributed by atoms with Gasteiger partial charge in [-0.15, -0.1) is 0 Å². The first-order valence-electron chi connectivity index (χ1n) is 8.58. The second kappa shape index (κ2) is 9.26. The topological polar surface area (TPSA) is 61.8 Å². The van der Waals surface area contributed by atoms with Gasteiger partial charge in [0.2, 0.25) is 0 Å². The Hall–Kier alpha value is -0.810. The smallest absolute Gasteiger partial charge is 0.317 e. The number of carbonyl (C=O) groups is 1. The van der Waals surface area contributed by atoms with Gasteiger partial charge in [0.1, 0.15) is 0 Å². The van der Waals surface area contributed by atoms with Crippen molar-refractivity contribution in [2.45, 2.75) is 69.9 Å². The number of likely N-dealkylation sites (tertiary alicyclic amines) is 1. The molecule has 2 N–H and O–H groups in total. The average Bonchev–Trinajstić information content (AvgIpc) is 3.01. The van der Waals surface area contributed by atoms with Crippen molar-refractivity contribution < 1.29 is 14.6 Å². The third kappa shape index (κ3) is 5.47. The van der Waals surface area contributed by atoms with Gasteiger partial charge in [-0.1, -0.05) is 12.8 Å². The van der Waals surface area contributed by atoms with Crippen molar-refractivity contribution in [3.05, 3.63) is 0 Å². The Labute approximate surface area is 128 Å². The molecule has 1 unspecified atom stereocenters. The molecule has 1 saturated carbocycles. The molecule has 2 fully saturated rings. The molecular weight excluding hydrogens is 268 g/mol. The van der Waals surface area contributed by atoms with Gasteiger partial charge in [0.25, 0.3) is 0 Å². The van der Waals surface area contributed by atoms with Crippen molar-refractivity contribution in [2.75, 3.05) is 26.3 Å². The Morgan fingerprint density at radius 1 is 1.19 bits per heavy atom. The summed E-state index contributed by atoms with van der Waals surface area (Å²) in [6.45, 7) is 2.39. The molecule has 1 atom stereocenters. The first-order valence-corrected chi connectivity index (χ1v) is 8.58. The number of aliphatic hydroxyl groups is 1. The number of hydrogen-bond acceptors (Lipinski definition) is 3. The molecule has 1 saturated heterocycles. The van der Waals surface area contributed by atoms with E-state index in [0.717, 1.165) is 38.8 Å². The highest BCUT2D eigenvalue weighted by molar-refractivity contribution is 5.74. The number of hydrogen-bond donors (Lipinski definition) is 2. The largest absolute Gasteiger partial charge is 0.396 e. The summed E-state index contributed by atoms with van der Waals surface area (Å²) < 4.78 is 5.79. The van der Waals surface area contributed by atoms with E-state index in [0.29, 0.717) is 19.1 Å². The van der Waals surface area contributed by atoms with Crippen molar-refractivity contribution in [3.8, 4) is 0 Å². The molecule has 0 spiro atoms. The molecule has 1 heterocycles. The van der Waals surface area contributed by atoms with E-state index in [1.54, 1.807) is 0 Å². The standard InChI is InChI=1S/C16H30N2O3/c19-12-9-14-6-3-4-11-18(14)16(20)17-10-5-13-21-15-7-1-2-8-15/h14-15,19H,1-13H2,(H,17,20). The molecule has 0 radical (unpaired) electrons. The lowest BCUT2D eigenvalue weighted by Crippen LogP contribution is -2.49. The van der Waals surface area contributed by atoms with E-state index in [1.807, 2.05) is 4.90 Å². The van der Waals surface area contributed by atoms with Crippen LogP contribution < -0.4 is 5.32 Å². The number of nitrogens with zero attached hydrogens (tertiary/aromatic N) is 1. The van der Waals surface area contributed by atoms with E-state index >= 15 is 0 Å². The molecule has 5 heteroatoms. The number of carbonyl (C=O) groups excluding carboxylic acids is 1. The molecule has 1 aliphatic carbocycles. The Balaban J connectivity index is 1.59. The van der Waals surface area contributed by atoms with Gasteiger partial charge in [-0.25, -0.2) is 4.79 Å². The molecule has 1 aliphatic heterocycles. The fourth-order valence-corrected chi connectivity index (χ4v) is 3.39. The van der Waals surface area contributed by atoms with Crippen LogP contribution in [0.3, 0.4) is 0 Å². The zero-order valence-corrected chi connectivity index (χ0v) is 13.1. The lowest BCUT2D eigenvalue weighted by molar-refractivity contribution is 0.0568. The van der Waals surface area contributed by atoms with Gasteiger partial charge in [0.15, 0.2) is 0 Å². The van der Waals surface area contributed by atoms with Crippen molar-refractivity contribution in [1.82, 2.24) is 10.2 Å². The van der Waals surface area contributed by atoms with Crippen LogP contribution in [0.2, 0.25) is 0 Å². The van der Waals surface area contributed by atoms with E-state index in [-0.39, 0.29) is 18.7 Å². The molecule has 2 amide bonds. The summed E-state index contributed by atoms with van der Waals surface area (Å²) >= 11 is 0. The van der Waals surface area contributed by atoms with Gasteiger partial charge in [-0.2, -0.15) is 0 Å². The van der Waals surface area contributed by atoms with Crippen molar-refractivity contribution in [2.24, 2.45) is 0 Å². The summed E-state index contributed by atoms with van der Waals surface area (Å²) in [7, 11) is 0. The van der Waals surface area contributed by atoms with Crippen LogP contribution in [0, 0.1) is 0 Å². The van der Waals surface area contributed by atoms with Crippen LogP contribution in [0.5, 0.6) is 0 Å². The minimum absolute atomic E-state index is 0.0222. The highest BCUT2D eigenvalue weighted by Gasteiger charge is 2.25. The molecule has 0 bridgehead atoms. The van der Waals surface area contributed by atoms with Crippen LogP contribution in [0.1, 0.15) is 57.8 Å². The second-order valence-electron chi connectivity index (χ2n) is 6.22. The summed E-state index contributed by atoms with van der Waals surface area (Å²) in [6.07, 6.45) is 10.2. The monoisotopic (exact) mass is 298 g/mol. The maximum absolute atomic E-state index is 12.2. The summed E-state index contributed by atoms with van der Waals surface area (Å²) in [4.78, 5) is 14.1. The predicted molar refractivity (Wildman–Crippen MR) is 82.3 cm³/mol. The summed E-state index contributed by atoms with van der Waals surface area (Å²) in [5.41, 5.74) is 0. The Morgan fingerprint density at radius 2 is 1.95 bits per heavy atom. The fraction of sp³-hybridized carbons (Fsp3) is 0.938.